The topological polar surface area (TPSA) is 48.1 Å². The molecule has 3 aromatic rings. The smallest absolute Gasteiger partial charge is 0.153 e. The summed E-state index contributed by atoms with van der Waals surface area (Å²) in [6, 6.07) is 17.7. The molecule has 0 aliphatic carbocycles. The molecule has 0 aliphatic heterocycles. The third-order valence-electron chi connectivity index (χ3n) is 3.21. The minimum absolute atomic E-state index is 0.0100. The minimum atomic E-state index is -0.0100. The average molecular weight is 264 g/mol. The van der Waals surface area contributed by atoms with Crippen LogP contribution in [0.4, 0.5) is 0 Å². The van der Waals surface area contributed by atoms with Crippen molar-refractivity contribution < 1.29 is 4.74 Å². The van der Waals surface area contributed by atoms with Crippen molar-refractivity contribution in [2.75, 3.05) is 0 Å². The van der Waals surface area contributed by atoms with E-state index in [2.05, 4.69) is 4.98 Å². The van der Waals surface area contributed by atoms with Crippen LogP contribution < -0.4 is 10.5 Å². The van der Waals surface area contributed by atoms with Crippen molar-refractivity contribution in [3.05, 3.63) is 66.4 Å². The van der Waals surface area contributed by atoms with Crippen LogP contribution in [-0.2, 0) is 0 Å². The van der Waals surface area contributed by atoms with E-state index in [9.17, 15) is 0 Å². The Labute approximate surface area is 118 Å². The van der Waals surface area contributed by atoms with E-state index >= 15 is 0 Å². The number of para-hydroxylation sites is 1. The van der Waals surface area contributed by atoms with Gasteiger partial charge in [-0.1, -0.05) is 30.3 Å². The van der Waals surface area contributed by atoms with Gasteiger partial charge in [-0.3, -0.25) is 4.98 Å². The van der Waals surface area contributed by atoms with Gasteiger partial charge in [0.05, 0.1) is 0 Å². The molecular formula is C17H16N2O. The number of nitrogens with two attached hydrogens (primary N) is 1. The molecule has 0 radical (unpaired) electrons. The van der Waals surface area contributed by atoms with Crippen molar-refractivity contribution >= 4 is 10.9 Å². The normalized spacial score (nSPS) is 12.3. The highest BCUT2D eigenvalue weighted by molar-refractivity contribution is 5.84. The van der Waals surface area contributed by atoms with Gasteiger partial charge in [0.15, 0.2) is 5.75 Å². The molecule has 1 unspecified atom stereocenters. The van der Waals surface area contributed by atoms with Gasteiger partial charge >= 0.3 is 0 Å². The number of fused-ring (bicyclic) bond motifs is 1. The number of aromatic nitrogens is 1. The van der Waals surface area contributed by atoms with Gasteiger partial charge in [-0.05, 0) is 36.8 Å². The van der Waals surface area contributed by atoms with E-state index in [0.29, 0.717) is 0 Å². The molecule has 2 N–H and O–H groups in total. The van der Waals surface area contributed by atoms with Crippen LogP contribution in [0.5, 0.6) is 11.5 Å². The number of ether oxygens (including phenoxy) is 1. The van der Waals surface area contributed by atoms with E-state index in [1.807, 2.05) is 61.5 Å². The van der Waals surface area contributed by atoms with Crippen molar-refractivity contribution in [1.29, 1.82) is 0 Å². The first-order chi connectivity index (χ1) is 9.74. The third kappa shape index (κ3) is 2.49. The first kappa shape index (κ1) is 12.6. The van der Waals surface area contributed by atoms with Crippen LogP contribution in [0.2, 0.25) is 0 Å². The number of nitrogens with zero attached hydrogens (tertiary/aromatic N) is 1. The lowest BCUT2D eigenvalue weighted by atomic mass is 10.1. The van der Waals surface area contributed by atoms with Gasteiger partial charge < -0.3 is 10.5 Å². The van der Waals surface area contributed by atoms with Crippen LogP contribution in [0.1, 0.15) is 18.5 Å². The SMILES string of the molecule is CC(N)c1cccc(Oc2cccc3cccnc23)c1. The molecule has 0 spiro atoms. The van der Waals surface area contributed by atoms with Gasteiger partial charge in [0.1, 0.15) is 11.3 Å². The van der Waals surface area contributed by atoms with Crippen LogP contribution in [0.3, 0.4) is 0 Å². The molecule has 0 saturated carbocycles. The summed E-state index contributed by atoms with van der Waals surface area (Å²) in [6.45, 7) is 1.96. The number of hydrogen-bond donors (Lipinski definition) is 1. The number of rotatable bonds is 3. The Kier molecular flexibility index (Phi) is 3.35. The Bertz CT molecular complexity index is 732. The lowest BCUT2D eigenvalue weighted by Crippen LogP contribution is -2.04. The number of hydrogen-bond acceptors (Lipinski definition) is 3. The molecule has 3 nitrogen and oxygen atoms in total. The molecule has 3 heteroatoms. The molecule has 20 heavy (non-hydrogen) atoms. The summed E-state index contributed by atoms with van der Waals surface area (Å²) in [5.74, 6) is 1.53. The zero-order valence-corrected chi connectivity index (χ0v) is 11.3. The molecule has 1 aromatic heterocycles. The van der Waals surface area contributed by atoms with E-state index in [0.717, 1.165) is 28.0 Å². The first-order valence-electron chi connectivity index (χ1n) is 6.61. The maximum absolute atomic E-state index is 5.96. The molecule has 0 fully saturated rings. The molecule has 3 rings (SSSR count). The summed E-state index contributed by atoms with van der Waals surface area (Å²) in [6.07, 6.45) is 1.77. The van der Waals surface area contributed by atoms with Crippen molar-refractivity contribution in [1.82, 2.24) is 4.98 Å². The molecule has 0 aliphatic rings. The predicted molar refractivity (Wildman–Crippen MR) is 80.9 cm³/mol. The summed E-state index contributed by atoms with van der Waals surface area (Å²) in [7, 11) is 0. The van der Waals surface area contributed by atoms with Gasteiger partial charge in [0.2, 0.25) is 0 Å². The zero-order chi connectivity index (χ0) is 13.9. The number of benzene rings is 2. The molecule has 1 heterocycles. The van der Waals surface area contributed by atoms with Gasteiger partial charge in [-0.2, -0.15) is 0 Å². The Morgan fingerprint density at radius 2 is 1.85 bits per heavy atom. The van der Waals surface area contributed by atoms with Crippen molar-refractivity contribution in [2.24, 2.45) is 5.73 Å². The van der Waals surface area contributed by atoms with Crippen LogP contribution in [-0.4, -0.2) is 4.98 Å². The molecule has 0 amide bonds. The second-order valence-corrected chi connectivity index (χ2v) is 4.79. The molecule has 100 valence electrons. The average Bonchev–Trinajstić information content (AvgIpc) is 2.48. The first-order valence-corrected chi connectivity index (χ1v) is 6.61. The summed E-state index contributed by atoms with van der Waals surface area (Å²) in [5.41, 5.74) is 7.81. The summed E-state index contributed by atoms with van der Waals surface area (Å²) >= 11 is 0. The monoisotopic (exact) mass is 264 g/mol. The second kappa shape index (κ2) is 5.31. The number of pyridine rings is 1. The fourth-order valence-electron chi connectivity index (χ4n) is 2.15. The van der Waals surface area contributed by atoms with E-state index in [-0.39, 0.29) is 6.04 Å². The van der Waals surface area contributed by atoms with Crippen LogP contribution in [0.15, 0.2) is 60.8 Å². The highest BCUT2D eigenvalue weighted by Crippen LogP contribution is 2.29. The van der Waals surface area contributed by atoms with Gasteiger partial charge in [0.25, 0.3) is 0 Å². The largest absolute Gasteiger partial charge is 0.455 e. The van der Waals surface area contributed by atoms with E-state index in [1.54, 1.807) is 6.20 Å². The Morgan fingerprint density at radius 1 is 1.05 bits per heavy atom. The lowest BCUT2D eigenvalue weighted by Gasteiger charge is -2.11. The second-order valence-electron chi connectivity index (χ2n) is 4.79. The quantitative estimate of drug-likeness (QED) is 0.776. The Hall–Kier alpha value is -2.39. The molecular weight excluding hydrogens is 248 g/mol. The van der Waals surface area contributed by atoms with Crippen LogP contribution >= 0.6 is 0 Å². The summed E-state index contributed by atoms with van der Waals surface area (Å²) in [5, 5.41) is 1.06. The van der Waals surface area contributed by atoms with Crippen molar-refractivity contribution in [3.8, 4) is 11.5 Å². The Balaban J connectivity index is 1.99. The standard InChI is InChI=1S/C17H16N2O/c1-12(18)14-6-2-8-15(11-14)20-16-9-3-5-13-7-4-10-19-17(13)16/h2-12H,18H2,1H3. The van der Waals surface area contributed by atoms with Crippen molar-refractivity contribution in [2.45, 2.75) is 13.0 Å². The highest BCUT2D eigenvalue weighted by atomic mass is 16.5. The summed E-state index contributed by atoms with van der Waals surface area (Å²) < 4.78 is 5.96. The van der Waals surface area contributed by atoms with Crippen molar-refractivity contribution in [3.63, 3.8) is 0 Å². The molecule has 0 saturated heterocycles. The molecule has 1 atom stereocenters. The Morgan fingerprint density at radius 3 is 2.70 bits per heavy atom. The fraction of sp³-hybridized carbons (Fsp3) is 0.118. The van der Waals surface area contributed by atoms with E-state index in [4.69, 9.17) is 10.5 Å². The lowest BCUT2D eigenvalue weighted by molar-refractivity contribution is 0.486. The van der Waals surface area contributed by atoms with Crippen LogP contribution in [0.25, 0.3) is 10.9 Å². The zero-order valence-electron chi connectivity index (χ0n) is 11.3. The maximum atomic E-state index is 5.96. The van der Waals surface area contributed by atoms with Gasteiger partial charge in [0, 0.05) is 17.6 Å². The molecule has 0 bridgehead atoms. The third-order valence-corrected chi connectivity index (χ3v) is 3.21. The fourth-order valence-corrected chi connectivity index (χ4v) is 2.15. The van der Waals surface area contributed by atoms with E-state index in [1.165, 1.54) is 0 Å². The maximum Gasteiger partial charge on any atom is 0.153 e. The highest BCUT2D eigenvalue weighted by Gasteiger charge is 2.06. The van der Waals surface area contributed by atoms with Gasteiger partial charge in [-0.25, -0.2) is 0 Å². The van der Waals surface area contributed by atoms with E-state index < -0.39 is 0 Å². The molecule has 2 aromatic carbocycles. The van der Waals surface area contributed by atoms with Gasteiger partial charge in [-0.15, -0.1) is 0 Å². The summed E-state index contributed by atoms with van der Waals surface area (Å²) in [4.78, 5) is 4.39. The predicted octanol–water partition coefficient (Wildman–Crippen LogP) is 4.05. The minimum Gasteiger partial charge on any atom is -0.455 e. The van der Waals surface area contributed by atoms with Crippen LogP contribution in [0, 0.1) is 0 Å².